The van der Waals surface area contributed by atoms with Gasteiger partial charge in [-0.25, -0.2) is 0 Å². The summed E-state index contributed by atoms with van der Waals surface area (Å²) in [5, 5.41) is 6.72. The van der Waals surface area contributed by atoms with Crippen molar-refractivity contribution < 1.29 is 0 Å². The van der Waals surface area contributed by atoms with Gasteiger partial charge >= 0.3 is 0 Å². The molecular weight excluding hydrogens is 106 g/mol. The first kappa shape index (κ1) is 6.76. The van der Waals surface area contributed by atoms with Crippen LogP contribution in [0.2, 0.25) is 0 Å². The number of nitrogens with one attached hydrogen (secondary N) is 1. The van der Waals surface area contributed by atoms with E-state index in [0.717, 1.165) is 5.57 Å². The van der Waals surface area contributed by atoms with Crippen molar-refractivity contribution in [1.82, 2.24) is 0 Å². The SMILES string of the molecule is C/C=C(\C=N)CS. The van der Waals surface area contributed by atoms with Crippen LogP contribution >= 0.6 is 12.6 Å². The van der Waals surface area contributed by atoms with E-state index in [1.807, 2.05) is 13.0 Å². The van der Waals surface area contributed by atoms with Crippen LogP contribution in [0.1, 0.15) is 6.92 Å². The first-order valence-electron chi connectivity index (χ1n) is 2.11. The molecule has 0 aliphatic heterocycles. The maximum Gasteiger partial charge on any atom is 0.0214 e. The summed E-state index contributed by atoms with van der Waals surface area (Å²) in [6.07, 6.45) is 3.19. The van der Waals surface area contributed by atoms with Crippen LogP contribution in [-0.2, 0) is 0 Å². The molecular formula is C5H9NS. The Balaban J connectivity index is 3.60. The molecule has 0 saturated heterocycles. The predicted molar refractivity (Wildman–Crippen MR) is 36.4 cm³/mol. The molecule has 0 radical (unpaired) electrons. The number of rotatable bonds is 2. The summed E-state index contributed by atoms with van der Waals surface area (Å²) in [5.74, 6) is 0.667. The Labute approximate surface area is 49.3 Å². The maximum absolute atomic E-state index is 6.72. The van der Waals surface area contributed by atoms with Crippen LogP contribution in [0.15, 0.2) is 11.6 Å². The van der Waals surface area contributed by atoms with Gasteiger partial charge in [0, 0.05) is 12.0 Å². The Morgan fingerprint density at radius 3 is 2.43 bits per heavy atom. The third kappa shape index (κ3) is 2.45. The molecule has 0 rings (SSSR count). The molecule has 0 unspecified atom stereocenters. The Bertz CT molecular complexity index is 86.1. The highest BCUT2D eigenvalue weighted by atomic mass is 32.1. The molecule has 0 amide bonds. The molecule has 0 aliphatic carbocycles. The van der Waals surface area contributed by atoms with Crippen LogP contribution in [0.5, 0.6) is 0 Å². The van der Waals surface area contributed by atoms with Crippen LogP contribution in [0.4, 0.5) is 0 Å². The van der Waals surface area contributed by atoms with Gasteiger partial charge in [-0.05, 0) is 12.5 Å². The Morgan fingerprint density at radius 2 is 2.43 bits per heavy atom. The summed E-state index contributed by atoms with van der Waals surface area (Å²) < 4.78 is 0. The molecule has 0 aromatic heterocycles. The summed E-state index contributed by atoms with van der Waals surface area (Å²) >= 11 is 3.96. The molecule has 0 atom stereocenters. The predicted octanol–water partition coefficient (Wildman–Crippen LogP) is 1.51. The average Bonchev–Trinajstić information content (AvgIpc) is 1.72. The van der Waals surface area contributed by atoms with Crippen molar-refractivity contribution in [2.45, 2.75) is 6.92 Å². The van der Waals surface area contributed by atoms with Crippen LogP contribution in [0.3, 0.4) is 0 Å². The molecule has 0 heterocycles. The van der Waals surface area contributed by atoms with Crippen molar-refractivity contribution in [3.63, 3.8) is 0 Å². The fourth-order valence-corrected chi connectivity index (χ4v) is 0.494. The quantitative estimate of drug-likeness (QED) is 0.402. The second kappa shape index (κ2) is 3.93. The summed E-state index contributed by atoms with van der Waals surface area (Å²) in [6.45, 7) is 1.90. The van der Waals surface area contributed by atoms with E-state index in [1.54, 1.807) is 0 Å². The highest BCUT2D eigenvalue weighted by Gasteiger charge is 1.80. The molecule has 0 saturated carbocycles. The van der Waals surface area contributed by atoms with E-state index in [9.17, 15) is 0 Å². The minimum Gasteiger partial charge on any atom is -0.308 e. The van der Waals surface area contributed by atoms with Gasteiger partial charge in [-0.1, -0.05) is 6.08 Å². The number of hydrogen-bond donors (Lipinski definition) is 2. The van der Waals surface area contributed by atoms with Gasteiger partial charge < -0.3 is 5.41 Å². The Kier molecular flexibility index (Phi) is 3.80. The minimum absolute atomic E-state index is 0.667. The minimum atomic E-state index is 0.667. The first-order valence-corrected chi connectivity index (χ1v) is 2.75. The van der Waals surface area contributed by atoms with Gasteiger partial charge in [0.15, 0.2) is 0 Å². The second-order valence-electron chi connectivity index (χ2n) is 1.17. The zero-order valence-electron chi connectivity index (χ0n) is 4.31. The van der Waals surface area contributed by atoms with Gasteiger partial charge in [0.25, 0.3) is 0 Å². The molecule has 0 spiro atoms. The zero-order valence-corrected chi connectivity index (χ0v) is 5.20. The zero-order chi connectivity index (χ0) is 5.70. The molecule has 0 bridgehead atoms. The van der Waals surface area contributed by atoms with E-state index in [1.165, 1.54) is 6.21 Å². The standard InChI is InChI=1S/C5H9NS/c1-2-5(3-6)4-7/h2-3,6-7H,4H2,1H3/b5-2+,6-3?. The van der Waals surface area contributed by atoms with E-state index in [4.69, 9.17) is 5.41 Å². The summed E-state index contributed by atoms with van der Waals surface area (Å²) in [7, 11) is 0. The van der Waals surface area contributed by atoms with Crippen LogP contribution in [0, 0.1) is 5.41 Å². The highest BCUT2D eigenvalue weighted by molar-refractivity contribution is 7.80. The average molecular weight is 115 g/mol. The molecule has 1 nitrogen and oxygen atoms in total. The Hall–Kier alpha value is -0.240. The monoisotopic (exact) mass is 115 g/mol. The van der Waals surface area contributed by atoms with Crippen molar-refractivity contribution in [3.8, 4) is 0 Å². The summed E-state index contributed by atoms with van der Waals surface area (Å²) in [5.41, 5.74) is 0.961. The molecule has 0 fully saturated rings. The molecule has 1 N–H and O–H groups in total. The van der Waals surface area contributed by atoms with Crippen LogP contribution in [-0.4, -0.2) is 12.0 Å². The van der Waals surface area contributed by atoms with E-state index in [-0.39, 0.29) is 0 Å². The number of hydrogen-bond acceptors (Lipinski definition) is 2. The Morgan fingerprint density at radius 1 is 1.86 bits per heavy atom. The van der Waals surface area contributed by atoms with Crippen molar-refractivity contribution in [2.75, 3.05) is 5.75 Å². The fraction of sp³-hybridized carbons (Fsp3) is 0.400. The van der Waals surface area contributed by atoms with Gasteiger partial charge in [-0.15, -0.1) is 0 Å². The highest BCUT2D eigenvalue weighted by Crippen LogP contribution is 1.89. The van der Waals surface area contributed by atoms with Gasteiger partial charge in [0.2, 0.25) is 0 Å². The summed E-state index contributed by atoms with van der Waals surface area (Å²) in [6, 6.07) is 0. The molecule has 0 aromatic rings. The molecule has 2 heteroatoms. The summed E-state index contributed by atoms with van der Waals surface area (Å²) in [4.78, 5) is 0. The number of thiol groups is 1. The largest absolute Gasteiger partial charge is 0.308 e. The van der Waals surface area contributed by atoms with Crippen molar-refractivity contribution in [2.24, 2.45) is 0 Å². The lowest BCUT2D eigenvalue weighted by Crippen LogP contribution is -1.81. The van der Waals surface area contributed by atoms with E-state index in [0.29, 0.717) is 5.75 Å². The van der Waals surface area contributed by atoms with Gasteiger partial charge in [0.05, 0.1) is 0 Å². The van der Waals surface area contributed by atoms with Crippen molar-refractivity contribution in [3.05, 3.63) is 11.6 Å². The third-order valence-electron chi connectivity index (χ3n) is 0.739. The third-order valence-corrected chi connectivity index (χ3v) is 1.10. The van der Waals surface area contributed by atoms with E-state index < -0.39 is 0 Å². The van der Waals surface area contributed by atoms with Crippen LogP contribution in [0.25, 0.3) is 0 Å². The topological polar surface area (TPSA) is 23.9 Å². The number of allylic oxidation sites excluding steroid dienone is 1. The molecule has 7 heavy (non-hydrogen) atoms. The van der Waals surface area contributed by atoms with Crippen molar-refractivity contribution >= 4 is 18.8 Å². The molecule has 40 valence electrons. The lowest BCUT2D eigenvalue weighted by Gasteiger charge is -1.86. The van der Waals surface area contributed by atoms with Crippen molar-refractivity contribution in [1.29, 1.82) is 5.41 Å². The van der Waals surface area contributed by atoms with E-state index >= 15 is 0 Å². The lowest BCUT2D eigenvalue weighted by atomic mass is 10.3. The lowest BCUT2D eigenvalue weighted by molar-refractivity contribution is 1.49. The van der Waals surface area contributed by atoms with Gasteiger partial charge in [-0.2, -0.15) is 12.6 Å². The smallest absolute Gasteiger partial charge is 0.0214 e. The fourth-order valence-electron chi connectivity index (χ4n) is 0.220. The maximum atomic E-state index is 6.72. The first-order chi connectivity index (χ1) is 3.35. The van der Waals surface area contributed by atoms with Gasteiger partial charge in [0.1, 0.15) is 0 Å². The second-order valence-corrected chi connectivity index (χ2v) is 1.48. The van der Waals surface area contributed by atoms with Gasteiger partial charge in [-0.3, -0.25) is 0 Å². The van der Waals surface area contributed by atoms with E-state index in [2.05, 4.69) is 12.6 Å². The normalized spacial score (nSPS) is 11.4. The molecule has 0 aromatic carbocycles. The van der Waals surface area contributed by atoms with Crippen LogP contribution < -0.4 is 0 Å². The molecule has 0 aliphatic rings.